The third-order valence-electron chi connectivity index (χ3n) is 5.65. The molecular weight excluding hydrogens is 378 g/mol. The zero-order chi connectivity index (χ0) is 19.7. The fourth-order valence-corrected chi connectivity index (χ4v) is 5.90. The van der Waals surface area contributed by atoms with Crippen LogP contribution in [0, 0.1) is 0 Å². The summed E-state index contributed by atoms with van der Waals surface area (Å²) in [5, 5.41) is 1.43. The van der Waals surface area contributed by atoms with Gasteiger partial charge in [0.05, 0.1) is 11.1 Å². The third kappa shape index (κ3) is 3.81. The van der Waals surface area contributed by atoms with Crippen molar-refractivity contribution in [3.8, 4) is 0 Å². The minimum Gasteiger partial charge on any atom is -0.337 e. The monoisotopic (exact) mass is 407 g/mol. The van der Waals surface area contributed by atoms with Gasteiger partial charge in [0.15, 0.2) is 5.16 Å². The smallest absolute Gasteiger partial charge is 0.262 e. The van der Waals surface area contributed by atoms with Gasteiger partial charge in [-0.25, -0.2) is 4.98 Å². The lowest BCUT2D eigenvalue weighted by Crippen LogP contribution is -2.45. The number of carbonyl (C=O) groups excluding carboxylic acids is 1. The predicted molar refractivity (Wildman–Crippen MR) is 114 cm³/mol. The van der Waals surface area contributed by atoms with Crippen LogP contribution in [0.2, 0.25) is 0 Å². The highest BCUT2D eigenvalue weighted by Crippen LogP contribution is 2.35. The molecule has 2 aromatic heterocycles. The highest BCUT2D eigenvalue weighted by molar-refractivity contribution is 7.99. The first-order valence-corrected chi connectivity index (χ1v) is 11.6. The highest BCUT2D eigenvalue weighted by atomic mass is 32.2. The predicted octanol–water partition coefficient (Wildman–Crippen LogP) is 4.00. The fourth-order valence-electron chi connectivity index (χ4n) is 3.75. The Kier molecular flexibility index (Phi) is 6.31. The number of amides is 1. The van der Waals surface area contributed by atoms with Gasteiger partial charge in [-0.15, -0.1) is 11.3 Å². The first-order chi connectivity index (χ1) is 12.9. The van der Waals surface area contributed by atoms with Gasteiger partial charge >= 0.3 is 0 Å². The Balaban J connectivity index is 1.83. The number of carbonyl (C=O) groups is 1. The molecule has 0 unspecified atom stereocenters. The molecule has 0 aliphatic heterocycles. The second kappa shape index (κ2) is 8.35. The second-order valence-electron chi connectivity index (χ2n) is 7.40. The summed E-state index contributed by atoms with van der Waals surface area (Å²) < 4.78 is 1.61. The van der Waals surface area contributed by atoms with Crippen LogP contribution in [0.3, 0.4) is 0 Å². The molecule has 7 heteroatoms. The van der Waals surface area contributed by atoms with Crippen LogP contribution >= 0.6 is 23.1 Å². The van der Waals surface area contributed by atoms with E-state index >= 15 is 0 Å². The van der Waals surface area contributed by atoms with Gasteiger partial charge in [0.2, 0.25) is 5.91 Å². The summed E-state index contributed by atoms with van der Waals surface area (Å²) in [4.78, 5) is 34.6. The number of rotatable bonds is 7. The number of thioether (sulfide) groups is 1. The van der Waals surface area contributed by atoms with Crippen molar-refractivity contribution in [1.82, 2.24) is 14.5 Å². The van der Waals surface area contributed by atoms with E-state index in [1.807, 2.05) is 4.90 Å². The minimum absolute atomic E-state index is 0.0232. The zero-order valence-electron chi connectivity index (χ0n) is 16.9. The maximum absolute atomic E-state index is 12.9. The van der Waals surface area contributed by atoms with Crippen molar-refractivity contribution >= 4 is 39.2 Å². The normalized spacial score (nSPS) is 15.7. The molecule has 0 bridgehead atoms. The molecule has 2 heterocycles. The summed E-state index contributed by atoms with van der Waals surface area (Å²) in [6.45, 7) is 8.41. The van der Waals surface area contributed by atoms with Gasteiger partial charge in [-0.1, -0.05) is 25.6 Å². The number of nitrogens with zero attached hydrogens (tertiary/aromatic N) is 3. The third-order valence-corrected chi connectivity index (χ3v) is 7.85. The van der Waals surface area contributed by atoms with Crippen LogP contribution in [-0.4, -0.2) is 38.2 Å². The van der Waals surface area contributed by atoms with Crippen molar-refractivity contribution in [2.75, 3.05) is 5.75 Å². The maximum atomic E-state index is 12.9. The Hall–Kier alpha value is -1.34. The quantitative estimate of drug-likeness (QED) is 0.514. The average molecular weight is 408 g/mol. The number of aryl methyl sites for hydroxylation is 2. The first kappa shape index (κ1) is 20.4. The number of hydrogen-bond donors (Lipinski definition) is 0. The van der Waals surface area contributed by atoms with E-state index in [9.17, 15) is 9.59 Å². The molecule has 0 N–H and O–H groups in total. The van der Waals surface area contributed by atoms with E-state index < -0.39 is 0 Å². The molecule has 0 saturated heterocycles. The van der Waals surface area contributed by atoms with E-state index in [1.165, 1.54) is 22.2 Å². The molecule has 0 radical (unpaired) electrons. The number of fused-ring (bicyclic) bond motifs is 3. The lowest BCUT2D eigenvalue weighted by molar-refractivity contribution is -0.132. The van der Waals surface area contributed by atoms with Crippen molar-refractivity contribution in [2.45, 2.75) is 77.0 Å². The van der Waals surface area contributed by atoms with Crippen LogP contribution in [0.5, 0.6) is 0 Å². The van der Waals surface area contributed by atoms with Crippen molar-refractivity contribution in [2.24, 2.45) is 7.05 Å². The van der Waals surface area contributed by atoms with E-state index in [1.54, 1.807) is 23.0 Å². The van der Waals surface area contributed by atoms with Gasteiger partial charge in [-0.3, -0.25) is 14.2 Å². The van der Waals surface area contributed by atoms with E-state index in [2.05, 4.69) is 27.7 Å². The molecule has 2 aromatic rings. The Morgan fingerprint density at radius 2 is 1.93 bits per heavy atom. The molecule has 27 heavy (non-hydrogen) atoms. The summed E-state index contributed by atoms with van der Waals surface area (Å²) in [5.41, 5.74) is 1.23. The lowest BCUT2D eigenvalue weighted by Gasteiger charge is -2.34. The van der Waals surface area contributed by atoms with Crippen molar-refractivity contribution < 1.29 is 4.79 Å². The average Bonchev–Trinajstić information content (AvgIpc) is 3.23. The van der Waals surface area contributed by atoms with Crippen molar-refractivity contribution in [1.29, 1.82) is 0 Å². The van der Waals surface area contributed by atoms with E-state index in [0.29, 0.717) is 10.9 Å². The topological polar surface area (TPSA) is 55.2 Å². The van der Waals surface area contributed by atoms with Gasteiger partial charge in [0.1, 0.15) is 4.83 Å². The van der Waals surface area contributed by atoms with E-state index in [4.69, 9.17) is 4.98 Å². The SMILES string of the molecule is CC[C@@H](C)N(C(=O)CSc1nc2sc3c(c2c(=O)n1C)CCC3)[C@H](C)CC. The minimum atomic E-state index is 0.0232. The Morgan fingerprint density at radius 3 is 2.56 bits per heavy atom. The maximum Gasteiger partial charge on any atom is 0.262 e. The molecule has 1 aliphatic rings. The van der Waals surface area contributed by atoms with Crippen molar-refractivity contribution in [3.63, 3.8) is 0 Å². The largest absolute Gasteiger partial charge is 0.337 e. The molecule has 0 aromatic carbocycles. The molecule has 3 rings (SSSR count). The number of hydrogen-bond acceptors (Lipinski definition) is 5. The summed E-state index contributed by atoms with van der Waals surface area (Å²) in [6.07, 6.45) is 5.04. The standard InChI is InChI=1S/C20H29N3O2S2/c1-6-12(3)23(13(4)7-2)16(24)11-26-20-21-18-17(19(25)22(20)5)14-9-8-10-15(14)27-18/h12-13H,6-11H2,1-5H3/t12-,13-/m1/s1. The summed E-state index contributed by atoms with van der Waals surface area (Å²) in [6, 6.07) is 0.431. The van der Waals surface area contributed by atoms with Gasteiger partial charge in [0, 0.05) is 24.0 Å². The van der Waals surface area contributed by atoms with E-state index in [0.717, 1.165) is 42.3 Å². The Labute approximate surface area is 169 Å². The van der Waals surface area contributed by atoms with Gasteiger partial charge in [-0.05, 0) is 51.5 Å². The van der Waals surface area contributed by atoms with Crippen LogP contribution in [0.25, 0.3) is 10.2 Å². The molecular formula is C20H29N3O2S2. The van der Waals surface area contributed by atoms with Gasteiger partial charge in [-0.2, -0.15) is 0 Å². The zero-order valence-corrected chi connectivity index (χ0v) is 18.5. The highest BCUT2D eigenvalue weighted by Gasteiger charge is 2.25. The lowest BCUT2D eigenvalue weighted by atomic mass is 10.1. The molecule has 0 saturated carbocycles. The van der Waals surface area contributed by atoms with Gasteiger partial charge in [0.25, 0.3) is 5.56 Å². The Morgan fingerprint density at radius 1 is 1.26 bits per heavy atom. The Bertz CT molecular complexity index is 893. The van der Waals surface area contributed by atoms with E-state index in [-0.39, 0.29) is 23.6 Å². The summed E-state index contributed by atoms with van der Waals surface area (Å²) >= 11 is 3.02. The summed E-state index contributed by atoms with van der Waals surface area (Å²) in [7, 11) is 1.77. The molecule has 0 spiro atoms. The first-order valence-electron chi connectivity index (χ1n) is 9.84. The second-order valence-corrected chi connectivity index (χ2v) is 9.43. The fraction of sp³-hybridized carbons (Fsp3) is 0.650. The van der Waals surface area contributed by atoms with Crippen LogP contribution in [0.15, 0.2) is 9.95 Å². The summed E-state index contributed by atoms with van der Waals surface area (Å²) in [5.74, 6) is 0.428. The van der Waals surface area contributed by atoms with Crippen molar-refractivity contribution in [3.05, 3.63) is 20.8 Å². The molecule has 5 nitrogen and oxygen atoms in total. The van der Waals surface area contributed by atoms with Gasteiger partial charge < -0.3 is 4.90 Å². The molecule has 0 fully saturated rings. The van der Waals surface area contributed by atoms with Crippen LogP contribution < -0.4 is 5.56 Å². The van der Waals surface area contributed by atoms with Crippen LogP contribution in [0.1, 0.15) is 57.4 Å². The number of thiophene rings is 1. The number of aromatic nitrogens is 2. The van der Waals surface area contributed by atoms with Crippen LogP contribution in [-0.2, 0) is 24.7 Å². The molecule has 2 atom stereocenters. The van der Waals surface area contributed by atoms with Crippen LogP contribution in [0.4, 0.5) is 0 Å². The molecule has 1 aliphatic carbocycles. The molecule has 1 amide bonds. The molecule has 148 valence electrons.